The lowest BCUT2D eigenvalue weighted by Gasteiger charge is -2.26. The minimum atomic E-state index is -4.38. The van der Waals surface area contributed by atoms with Crippen molar-refractivity contribution in [2.75, 3.05) is 5.32 Å². The van der Waals surface area contributed by atoms with Gasteiger partial charge in [0, 0.05) is 29.6 Å². The molecule has 0 saturated heterocycles. The molecule has 0 saturated carbocycles. The number of alkyl halides is 3. The molecule has 2 unspecified atom stereocenters. The summed E-state index contributed by atoms with van der Waals surface area (Å²) in [6, 6.07) is 2.28. The van der Waals surface area contributed by atoms with Gasteiger partial charge >= 0.3 is 6.18 Å². The first-order valence-corrected chi connectivity index (χ1v) is 7.88. The number of halogens is 3. The first kappa shape index (κ1) is 18.3. The van der Waals surface area contributed by atoms with Gasteiger partial charge in [0.2, 0.25) is 0 Å². The summed E-state index contributed by atoms with van der Waals surface area (Å²) in [4.78, 5) is 3.98. The Morgan fingerprint density at radius 1 is 1.29 bits per heavy atom. The molecule has 1 aliphatic heterocycles. The van der Waals surface area contributed by atoms with Gasteiger partial charge in [-0.2, -0.15) is 13.2 Å². The zero-order chi connectivity index (χ0) is 17.9. The van der Waals surface area contributed by atoms with E-state index in [0.717, 1.165) is 24.0 Å². The van der Waals surface area contributed by atoms with Crippen LogP contribution in [0.4, 0.5) is 19.0 Å². The van der Waals surface area contributed by atoms with Gasteiger partial charge in [0.25, 0.3) is 0 Å². The summed E-state index contributed by atoms with van der Waals surface area (Å²) < 4.78 is 38.4. The fraction of sp³-hybridized carbons (Fsp3) is 0.471. The Bertz CT molecular complexity index is 635. The number of rotatable bonds is 4. The minimum absolute atomic E-state index is 0.0509. The van der Waals surface area contributed by atoms with Crippen LogP contribution in [0.15, 0.2) is 41.9 Å². The molecule has 1 aromatic heterocycles. The lowest BCUT2D eigenvalue weighted by Crippen LogP contribution is -2.48. The van der Waals surface area contributed by atoms with Gasteiger partial charge in [0.15, 0.2) is 0 Å². The molecule has 0 fully saturated rings. The molecule has 2 heterocycles. The van der Waals surface area contributed by atoms with E-state index in [1.807, 2.05) is 26.0 Å². The van der Waals surface area contributed by atoms with Crippen LogP contribution in [0.3, 0.4) is 0 Å². The molecule has 3 N–H and O–H groups in total. The predicted molar refractivity (Wildman–Crippen MR) is 89.1 cm³/mol. The Morgan fingerprint density at radius 2 is 2.00 bits per heavy atom. The number of anilines is 1. The van der Waals surface area contributed by atoms with Gasteiger partial charge in [-0.3, -0.25) is 5.32 Å². The predicted octanol–water partition coefficient (Wildman–Crippen LogP) is 3.86. The molecule has 24 heavy (non-hydrogen) atoms. The summed E-state index contributed by atoms with van der Waals surface area (Å²) in [5.41, 5.74) is 0.913. The van der Waals surface area contributed by atoms with Crippen molar-refractivity contribution >= 4 is 5.82 Å². The molecule has 0 aliphatic carbocycles. The number of hydrogen-bond acceptors (Lipinski definition) is 4. The van der Waals surface area contributed by atoms with Crippen molar-refractivity contribution in [3.63, 3.8) is 0 Å². The number of hydrogen-bond donors (Lipinski definition) is 3. The Kier molecular flexibility index (Phi) is 5.54. The second-order valence-electron chi connectivity index (χ2n) is 6.30. The smallest absolute Gasteiger partial charge is 0.373 e. The van der Waals surface area contributed by atoms with E-state index in [9.17, 15) is 13.2 Å². The van der Waals surface area contributed by atoms with Crippen LogP contribution in [-0.2, 0) is 6.18 Å². The third kappa shape index (κ3) is 4.99. The summed E-state index contributed by atoms with van der Waals surface area (Å²) in [5.74, 6) is 0.303. The van der Waals surface area contributed by atoms with Gasteiger partial charge in [-0.25, -0.2) is 4.98 Å². The van der Waals surface area contributed by atoms with Gasteiger partial charge in [-0.1, -0.05) is 13.0 Å². The van der Waals surface area contributed by atoms with Crippen LogP contribution >= 0.6 is 0 Å². The Balaban J connectivity index is 2.21. The van der Waals surface area contributed by atoms with Gasteiger partial charge in [0.1, 0.15) is 5.82 Å². The molecular weight excluding hydrogens is 317 g/mol. The fourth-order valence-corrected chi connectivity index (χ4v) is 2.53. The van der Waals surface area contributed by atoms with Gasteiger partial charge in [-0.15, -0.1) is 0 Å². The highest BCUT2D eigenvalue weighted by atomic mass is 19.4. The Hall–Kier alpha value is -2.02. The van der Waals surface area contributed by atoms with Crippen molar-refractivity contribution in [1.82, 2.24) is 15.6 Å². The van der Waals surface area contributed by atoms with E-state index in [2.05, 4.69) is 34.8 Å². The van der Waals surface area contributed by atoms with Crippen LogP contribution in [0.25, 0.3) is 0 Å². The molecule has 0 amide bonds. The molecule has 4 nitrogen and oxygen atoms in total. The largest absolute Gasteiger partial charge is 0.416 e. The maximum atomic E-state index is 12.8. The monoisotopic (exact) mass is 340 g/mol. The molecule has 0 spiro atoms. The molecule has 0 aromatic carbocycles. The highest BCUT2D eigenvalue weighted by molar-refractivity contribution is 5.48. The third-order valence-corrected chi connectivity index (χ3v) is 3.60. The quantitative estimate of drug-likeness (QED) is 0.779. The molecular formula is C17H23F3N4. The zero-order valence-corrected chi connectivity index (χ0v) is 14.2. The van der Waals surface area contributed by atoms with Gasteiger partial charge in [0.05, 0.1) is 11.7 Å². The third-order valence-electron chi connectivity index (χ3n) is 3.60. The SMILES string of the molecule is CC1=CC(Nc2cc(C(F)(F)F)ccn2)=CC(C)C(NC(C)C)N1. The van der Waals surface area contributed by atoms with Crippen LogP contribution < -0.4 is 16.0 Å². The summed E-state index contributed by atoms with van der Waals surface area (Å²) in [6.07, 6.45) is 0.662. The van der Waals surface area contributed by atoms with Gasteiger partial charge < -0.3 is 10.6 Å². The first-order chi connectivity index (χ1) is 11.1. The van der Waals surface area contributed by atoms with E-state index in [1.54, 1.807) is 0 Å². The topological polar surface area (TPSA) is 49.0 Å². The van der Waals surface area contributed by atoms with Crippen molar-refractivity contribution in [2.24, 2.45) is 5.92 Å². The number of nitrogens with zero attached hydrogens (tertiary/aromatic N) is 1. The molecule has 1 aliphatic rings. The average molecular weight is 340 g/mol. The molecule has 2 rings (SSSR count). The zero-order valence-electron chi connectivity index (χ0n) is 14.2. The summed E-state index contributed by atoms with van der Waals surface area (Å²) in [6.45, 7) is 8.09. The van der Waals surface area contributed by atoms with Crippen molar-refractivity contribution < 1.29 is 13.2 Å². The maximum Gasteiger partial charge on any atom is 0.416 e. The van der Waals surface area contributed by atoms with E-state index in [0.29, 0.717) is 11.7 Å². The number of aromatic nitrogens is 1. The van der Waals surface area contributed by atoms with E-state index in [-0.39, 0.29) is 17.9 Å². The molecule has 7 heteroatoms. The van der Waals surface area contributed by atoms with Crippen molar-refractivity contribution in [1.29, 1.82) is 0 Å². The molecule has 1 aromatic rings. The molecule has 132 valence electrons. The molecule has 0 bridgehead atoms. The first-order valence-electron chi connectivity index (χ1n) is 7.88. The number of nitrogens with one attached hydrogen (secondary N) is 3. The summed E-state index contributed by atoms with van der Waals surface area (Å²) in [7, 11) is 0. The molecule has 2 atom stereocenters. The highest BCUT2D eigenvalue weighted by Gasteiger charge is 2.30. The van der Waals surface area contributed by atoms with Crippen LogP contribution in [0.1, 0.15) is 33.3 Å². The number of pyridine rings is 1. The van der Waals surface area contributed by atoms with E-state index >= 15 is 0 Å². The maximum absolute atomic E-state index is 12.8. The molecule has 0 radical (unpaired) electrons. The van der Waals surface area contributed by atoms with Crippen LogP contribution in [0.5, 0.6) is 0 Å². The van der Waals surface area contributed by atoms with Crippen molar-refractivity contribution in [3.05, 3.63) is 47.4 Å². The highest BCUT2D eigenvalue weighted by Crippen LogP contribution is 2.30. The fourth-order valence-electron chi connectivity index (χ4n) is 2.53. The van der Waals surface area contributed by atoms with E-state index in [4.69, 9.17) is 0 Å². The Labute approximate surface area is 140 Å². The average Bonchev–Trinajstić information content (AvgIpc) is 2.56. The lowest BCUT2D eigenvalue weighted by molar-refractivity contribution is -0.137. The second kappa shape index (κ2) is 7.25. The second-order valence-corrected chi connectivity index (χ2v) is 6.30. The minimum Gasteiger partial charge on any atom is -0.373 e. The standard InChI is InChI=1S/C17H23F3N4/c1-10(2)22-16-11(3)7-14(8-12(4)23-16)24-15-9-13(5-6-21-15)17(18,19)20/h5-11,16,22-23H,1-4H3,(H,21,24). The van der Waals surface area contributed by atoms with Crippen molar-refractivity contribution in [3.8, 4) is 0 Å². The van der Waals surface area contributed by atoms with Crippen LogP contribution in [-0.4, -0.2) is 17.2 Å². The van der Waals surface area contributed by atoms with Crippen LogP contribution in [0, 0.1) is 5.92 Å². The van der Waals surface area contributed by atoms with E-state index < -0.39 is 11.7 Å². The summed E-state index contributed by atoms with van der Waals surface area (Å²) >= 11 is 0. The summed E-state index contributed by atoms with van der Waals surface area (Å²) in [5, 5.41) is 9.77. The Morgan fingerprint density at radius 3 is 2.62 bits per heavy atom. The van der Waals surface area contributed by atoms with Gasteiger partial charge in [-0.05, 0) is 39.0 Å². The lowest BCUT2D eigenvalue weighted by atomic mass is 10.1. The normalized spacial score (nSPS) is 21.7. The van der Waals surface area contributed by atoms with E-state index in [1.165, 1.54) is 0 Å². The van der Waals surface area contributed by atoms with Crippen molar-refractivity contribution in [2.45, 2.75) is 46.1 Å². The van der Waals surface area contributed by atoms with Crippen LogP contribution in [0.2, 0.25) is 0 Å². The number of allylic oxidation sites excluding steroid dienone is 2.